The fourth-order valence-electron chi connectivity index (χ4n) is 4.86. The van der Waals surface area contributed by atoms with Gasteiger partial charge in [-0.05, 0) is 73.7 Å². The highest BCUT2D eigenvalue weighted by Crippen LogP contribution is 2.35. The molecule has 0 amide bonds. The largest absolute Gasteiger partial charge is 0.497 e. The maximum Gasteiger partial charge on any atom is 0.308 e. The number of halogens is 3. The van der Waals surface area contributed by atoms with E-state index in [2.05, 4.69) is 4.98 Å². The molecule has 1 fully saturated rings. The third kappa shape index (κ3) is 6.13. The number of carboxylic acids is 1. The van der Waals surface area contributed by atoms with Crippen LogP contribution in [0.5, 0.6) is 5.75 Å². The Labute approximate surface area is 212 Å². The first-order valence-corrected chi connectivity index (χ1v) is 12.9. The quantitative estimate of drug-likeness (QED) is 0.326. The van der Waals surface area contributed by atoms with E-state index in [4.69, 9.17) is 4.74 Å². The van der Waals surface area contributed by atoms with Crippen molar-refractivity contribution in [3.05, 3.63) is 65.9 Å². The highest BCUT2D eigenvalue weighted by molar-refractivity contribution is 7.99. The van der Waals surface area contributed by atoms with Crippen LogP contribution >= 0.6 is 11.8 Å². The number of piperidine rings is 1. The highest BCUT2D eigenvalue weighted by atomic mass is 32.2. The van der Waals surface area contributed by atoms with E-state index in [1.54, 1.807) is 37.6 Å². The molecule has 0 saturated carbocycles. The van der Waals surface area contributed by atoms with E-state index in [0.717, 1.165) is 11.8 Å². The topological polar surface area (TPSA) is 62.7 Å². The van der Waals surface area contributed by atoms with Crippen LogP contribution in [-0.2, 0) is 4.79 Å². The predicted octanol–water partition coefficient (Wildman–Crippen LogP) is 6.13. The minimum atomic E-state index is -1.25. The minimum Gasteiger partial charge on any atom is -0.497 e. The number of likely N-dealkylation sites (tertiary alicyclic amines) is 1. The second-order valence-corrected chi connectivity index (χ2v) is 10.1. The third-order valence-electron chi connectivity index (χ3n) is 6.84. The average Bonchev–Trinajstić information content (AvgIpc) is 2.88. The zero-order valence-corrected chi connectivity index (χ0v) is 20.8. The van der Waals surface area contributed by atoms with Crippen LogP contribution < -0.4 is 4.74 Å². The number of carboxylic acid groups (broad SMARTS) is 1. The van der Waals surface area contributed by atoms with Crippen LogP contribution in [0.4, 0.5) is 13.2 Å². The molecule has 4 rings (SSSR count). The number of aromatic nitrogens is 1. The monoisotopic (exact) mass is 518 g/mol. The van der Waals surface area contributed by atoms with Gasteiger partial charge in [-0.2, -0.15) is 0 Å². The molecular formula is C27H29F3N2O3S. The van der Waals surface area contributed by atoms with Gasteiger partial charge in [-0.3, -0.25) is 9.78 Å². The minimum absolute atomic E-state index is 0.0163. The lowest BCUT2D eigenvalue weighted by Gasteiger charge is -2.36. The Bertz CT molecular complexity index is 1190. The van der Waals surface area contributed by atoms with Crippen LogP contribution in [0.25, 0.3) is 10.9 Å². The number of hydrogen-bond donors (Lipinski definition) is 1. The lowest BCUT2D eigenvalue weighted by molar-refractivity contribution is -0.146. The van der Waals surface area contributed by atoms with Crippen LogP contribution in [0, 0.1) is 23.5 Å². The normalized spacial score (nSPS) is 19.3. The summed E-state index contributed by atoms with van der Waals surface area (Å²) in [7, 11) is 1.56. The molecule has 1 N–H and O–H groups in total. The van der Waals surface area contributed by atoms with Crippen molar-refractivity contribution in [2.75, 3.05) is 32.5 Å². The Kier molecular flexibility index (Phi) is 8.74. The number of rotatable bonds is 10. The SMILES string of the molecule is COc1ccc2nccc([C@@H](F)CC[C@@H]3CCN(CCSc4c(F)cccc4F)C[C@@H]3C(=O)O)c2c1. The van der Waals surface area contributed by atoms with E-state index in [1.165, 1.54) is 18.2 Å². The summed E-state index contributed by atoms with van der Waals surface area (Å²) < 4.78 is 48.3. The molecule has 192 valence electrons. The molecule has 1 aliphatic heterocycles. The van der Waals surface area contributed by atoms with Gasteiger partial charge in [0.25, 0.3) is 0 Å². The van der Waals surface area contributed by atoms with E-state index in [0.29, 0.717) is 60.4 Å². The van der Waals surface area contributed by atoms with Crippen LogP contribution in [0.2, 0.25) is 0 Å². The molecular weight excluding hydrogens is 489 g/mol. The van der Waals surface area contributed by atoms with E-state index in [-0.39, 0.29) is 17.2 Å². The fourth-order valence-corrected chi connectivity index (χ4v) is 5.82. The first-order valence-electron chi connectivity index (χ1n) is 12.0. The standard InChI is InChI=1S/C27H29F3N2O3S/c1-35-18-6-8-25-20(15-18)19(9-11-31-25)22(28)7-5-17-10-12-32(16-21(17)27(33)34)13-14-36-26-23(29)3-2-4-24(26)30/h2-4,6,8-9,11,15,17,21-22H,5,7,10,12-14,16H2,1H3,(H,33,34)/t17-,21+,22+/m1/s1. The molecule has 0 unspecified atom stereocenters. The number of aliphatic carboxylic acids is 1. The Hall–Kier alpha value is -2.78. The van der Waals surface area contributed by atoms with Gasteiger partial charge in [0.15, 0.2) is 0 Å². The molecule has 5 nitrogen and oxygen atoms in total. The Morgan fingerprint density at radius 2 is 2.03 bits per heavy atom. The van der Waals surface area contributed by atoms with Gasteiger partial charge in [0.2, 0.25) is 0 Å². The van der Waals surface area contributed by atoms with Gasteiger partial charge < -0.3 is 14.7 Å². The molecule has 0 bridgehead atoms. The number of methoxy groups -OCH3 is 1. The first kappa shape index (κ1) is 26.3. The number of benzene rings is 2. The molecule has 3 aromatic rings. The summed E-state index contributed by atoms with van der Waals surface area (Å²) in [5, 5.41) is 10.5. The second kappa shape index (κ2) is 12.0. The first-order chi connectivity index (χ1) is 17.4. The molecule has 2 heterocycles. The lowest BCUT2D eigenvalue weighted by atomic mass is 9.81. The van der Waals surface area contributed by atoms with Crippen molar-refractivity contribution >= 4 is 28.6 Å². The molecule has 9 heteroatoms. The van der Waals surface area contributed by atoms with Crippen molar-refractivity contribution in [1.29, 1.82) is 0 Å². The number of nitrogens with zero attached hydrogens (tertiary/aromatic N) is 2. The van der Waals surface area contributed by atoms with Crippen LogP contribution in [0.1, 0.15) is 31.0 Å². The fraction of sp³-hybridized carbons (Fsp3) is 0.407. The summed E-state index contributed by atoms with van der Waals surface area (Å²) in [6, 6.07) is 10.8. The van der Waals surface area contributed by atoms with Gasteiger partial charge in [-0.1, -0.05) is 6.07 Å². The maximum absolute atomic E-state index is 15.4. The van der Waals surface area contributed by atoms with Crippen molar-refractivity contribution < 1.29 is 27.8 Å². The Balaban J connectivity index is 1.34. The number of ether oxygens (including phenoxy) is 1. The van der Waals surface area contributed by atoms with Gasteiger partial charge in [0.05, 0.1) is 23.4 Å². The zero-order valence-electron chi connectivity index (χ0n) is 20.0. The van der Waals surface area contributed by atoms with Gasteiger partial charge in [0, 0.05) is 30.4 Å². The van der Waals surface area contributed by atoms with Gasteiger partial charge >= 0.3 is 5.97 Å². The number of carbonyl (C=O) groups is 1. The number of hydrogen-bond acceptors (Lipinski definition) is 5. The van der Waals surface area contributed by atoms with Crippen molar-refractivity contribution in [2.24, 2.45) is 11.8 Å². The Morgan fingerprint density at radius 1 is 1.25 bits per heavy atom. The molecule has 1 aliphatic rings. The highest BCUT2D eigenvalue weighted by Gasteiger charge is 2.34. The van der Waals surface area contributed by atoms with Crippen LogP contribution in [0.15, 0.2) is 53.6 Å². The summed E-state index contributed by atoms with van der Waals surface area (Å²) in [6.07, 6.45) is 1.64. The van der Waals surface area contributed by atoms with Gasteiger partial charge in [-0.15, -0.1) is 11.8 Å². The molecule has 1 saturated heterocycles. The molecule has 0 aliphatic carbocycles. The summed E-state index contributed by atoms with van der Waals surface area (Å²) in [4.78, 5) is 18.3. The maximum atomic E-state index is 15.4. The summed E-state index contributed by atoms with van der Waals surface area (Å²) in [5.74, 6) is -1.77. The summed E-state index contributed by atoms with van der Waals surface area (Å²) in [6.45, 7) is 1.53. The second-order valence-electron chi connectivity index (χ2n) is 9.02. The van der Waals surface area contributed by atoms with E-state index in [1.807, 2.05) is 4.90 Å². The summed E-state index contributed by atoms with van der Waals surface area (Å²) in [5.41, 5.74) is 1.21. The smallest absolute Gasteiger partial charge is 0.308 e. The van der Waals surface area contributed by atoms with Crippen LogP contribution in [-0.4, -0.2) is 53.5 Å². The van der Waals surface area contributed by atoms with Crippen LogP contribution in [0.3, 0.4) is 0 Å². The molecule has 2 aromatic carbocycles. The number of thioether (sulfide) groups is 1. The van der Waals surface area contributed by atoms with Gasteiger partial charge in [0.1, 0.15) is 23.6 Å². The average molecular weight is 519 g/mol. The molecule has 36 heavy (non-hydrogen) atoms. The number of fused-ring (bicyclic) bond motifs is 1. The summed E-state index contributed by atoms with van der Waals surface area (Å²) >= 11 is 1.09. The van der Waals surface area contributed by atoms with Crippen molar-refractivity contribution in [3.8, 4) is 5.75 Å². The van der Waals surface area contributed by atoms with E-state index in [9.17, 15) is 18.7 Å². The molecule has 0 spiro atoms. The molecule has 1 aromatic heterocycles. The predicted molar refractivity (Wildman–Crippen MR) is 134 cm³/mol. The van der Waals surface area contributed by atoms with Crippen molar-refractivity contribution in [3.63, 3.8) is 0 Å². The number of alkyl halides is 1. The van der Waals surface area contributed by atoms with Crippen molar-refractivity contribution in [2.45, 2.75) is 30.3 Å². The molecule has 0 radical (unpaired) electrons. The van der Waals surface area contributed by atoms with E-state index < -0.39 is 29.7 Å². The lowest BCUT2D eigenvalue weighted by Crippen LogP contribution is -2.44. The number of pyridine rings is 1. The Morgan fingerprint density at radius 3 is 2.75 bits per heavy atom. The van der Waals surface area contributed by atoms with Gasteiger partial charge in [-0.25, -0.2) is 13.2 Å². The third-order valence-corrected chi connectivity index (χ3v) is 7.91. The van der Waals surface area contributed by atoms with Crippen molar-refractivity contribution in [1.82, 2.24) is 9.88 Å². The van der Waals surface area contributed by atoms with E-state index >= 15 is 4.39 Å². The zero-order chi connectivity index (χ0) is 25.7. The molecule has 3 atom stereocenters.